The molecule has 86 valence electrons. The van der Waals surface area contributed by atoms with Gasteiger partial charge in [-0.05, 0) is 37.8 Å². The van der Waals surface area contributed by atoms with Gasteiger partial charge in [0.15, 0.2) is 0 Å². The number of hydrogen-bond donors (Lipinski definition) is 0. The maximum Gasteiger partial charge on any atom is 0.257 e. The predicted octanol–water partition coefficient (Wildman–Crippen LogP) is 3.78. The summed E-state index contributed by atoms with van der Waals surface area (Å²) < 4.78 is 1.77. The zero-order chi connectivity index (χ0) is 11.7. The minimum atomic E-state index is 0.144. The lowest BCUT2D eigenvalue weighted by Gasteiger charge is -2.12. The van der Waals surface area contributed by atoms with E-state index in [1.54, 1.807) is 4.57 Å². The summed E-state index contributed by atoms with van der Waals surface area (Å²) in [6, 6.07) is 10.00. The minimum Gasteiger partial charge on any atom is -0.283 e. The van der Waals surface area contributed by atoms with Gasteiger partial charge in [-0.15, -0.1) is 0 Å². The molecule has 1 aliphatic carbocycles. The minimum absolute atomic E-state index is 0.144. The Hall–Kier alpha value is -1.83. The van der Waals surface area contributed by atoms with Gasteiger partial charge in [-0.3, -0.25) is 9.36 Å². The first-order chi connectivity index (χ1) is 8.36. The van der Waals surface area contributed by atoms with E-state index in [2.05, 4.69) is 6.08 Å². The van der Waals surface area contributed by atoms with E-state index >= 15 is 0 Å². The molecule has 1 heterocycles. The number of carbonyl (C=O) groups excluding carboxylic acids is 1. The molecular weight excluding hydrogens is 210 g/mol. The summed E-state index contributed by atoms with van der Waals surface area (Å²) in [5, 5.41) is 1.12. The fourth-order valence-corrected chi connectivity index (χ4v) is 2.45. The molecule has 0 aliphatic heterocycles. The monoisotopic (exact) mass is 225 g/mol. The van der Waals surface area contributed by atoms with Gasteiger partial charge >= 0.3 is 0 Å². The van der Waals surface area contributed by atoms with Gasteiger partial charge in [0.25, 0.3) is 5.91 Å². The Morgan fingerprint density at radius 2 is 2.00 bits per heavy atom. The van der Waals surface area contributed by atoms with Crippen LogP contribution in [0.2, 0.25) is 0 Å². The number of rotatable bonds is 1. The molecule has 0 saturated heterocycles. The van der Waals surface area contributed by atoms with Crippen molar-refractivity contribution in [1.82, 2.24) is 4.57 Å². The Bertz CT molecular complexity index is 592. The van der Waals surface area contributed by atoms with Crippen molar-refractivity contribution < 1.29 is 4.79 Å². The molecule has 0 spiro atoms. The third kappa shape index (κ3) is 1.80. The molecular formula is C15H15NO. The molecule has 3 rings (SSSR count). The summed E-state index contributed by atoms with van der Waals surface area (Å²) in [5.41, 5.74) is 1.97. The Morgan fingerprint density at radius 3 is 2.82 bits per heavy atom. The third-order valence-corrected chi connectivity index (χ3v) is 3.38. The van der Waals surface area contributed by atoms with Crippen LogP contribution in [0.1, 0.15) is 30.5 Å². The number of carbonyl (C=O) groups is 1. The van der Waals surface area contributed by atoms with Gasteiger partial charge in [-0.25, -0.2) is 0 Å². The molecule has 0 saturated carbocycles. The summed E-state index contributed by atoms with van der Waals surface area (Å²) in [5.74, 6) is 0.144. The van der Waals surface area contributed by atoms with E-state index in [-0.39, 0.29) is 5.91 Å². The molecule has 0 atom stereocenters. The largest absolute Gasteiger partial charge is 0.283 e. The van der Waals surface area contributed by atoms with E-state index in [0.29, 0.717) is 0 Å². The maximum atomic E-state index is 12.4. The van der Waals surface area contributed by atoms with Crippen molar-refractivity contribution in [3.05, 3.63) is 48.2 Å². The zero-order valence-corrected chi connectivity index (χ0v) is 9.73. The van der Waals surface area contributed by atoms with E-state index in [1.165, 1.54) is 6.42 Å². The second-order valence-electron chi connectivity index (χ2n) is 4.52. The first kappa shape index (κ1) is 10.3. The molecule has 0 fully saturated rings. The molecule has 0 amide bonds. The van der Waals surface area contributed by atoms with Crippen LogP contribution in [0, 0.1) is 0 Å². The van der Waals surface area contributed by atoms with E-state index < -0.39 is 0 Å². The lowest BCUT2D eigenvalue weighted by molar-refractivity contribution is 0.0954. The van der Waals surface area contributed by atoms with E-state index in [9.17, 15) is 4.79 Å². The van der Waals surface area contributed by atoms with Crippen LogP contribution in [0.15, 0.2) is 48.2 Å². The van der Waals surface area contributed by atoms with Gasteiger partial charge in [-0.2, -0.15) is 0 Å². The molecule has 17 heavy (non-hydrogen) atoms. The van der Waals surface area contributed by atoms with Crippen LogP contribution in [-0.2, 0) is 0 Å². The standard InChI is InChI=1S/C15H15NO/c17-15(13-7-2-1-3-8-13)16-11-10-12-6-4-5-9-14(12)16/h4-7,9-11H,1-3,8H2. The fraction of sp³-hybridized carbons (Fsp3) is 0.267. The average molecular weight is 225 g/mol. The lowest BCUT2D eigenvalue weighted by Crippen LogP contribution is -2.13. The number of aromatic nitrogens is 1. The summed E-state index contributed by atoms with van der Waals surface area (Å²) in [6.07, 6.45) is 8.29. The van der Waals surface area contributed by atoms with Crippen molar-refractivity contribution in [3.8, 4) is 0 Å². The van der Waals surface area contributed by atoms with Crippen molar-refractivity contribution in [3.63, 3.8) is 0 Å². The molecule has 0 unspecified atom stereocenters. The highest BCUT2D eigenvalue weighted by atomic mass is 16.2. The number of allylic oxidation sites excluding steroid dienone is 2. The van der Waals surface area contributed by atoms with Gasteiger partial charge < -0.3 is 0 Å². The highest BCUT2D eigenvalue weighted by Crippen LogP contribution is 2.22. The second kappa shape index (κ2) is 4.21. The fourth-order valence-electron chi connectivity index (χ4n) is 2.45. The zero-order valence-electron chi connectivity index (χ0n) is 9.73. The molecule has 2 nitrogen and oxygen atoms in total. The van der Waals surface area contributed by atoms with Crippen LogP contribution in [0.5, 0.6) is 0 Å². The Kier molecular flexibility index (Phi) is 2.56. The van der Waals surface area contributed by atoms with Gasteiger partial charge in [0.2, 0.25) is 0 Å². The summed E-state index contributed by atoms with van der Waals surface area (Å²) in [6.45, 7) is 0. The lowest BCUT2D eigenvalue weighted by atomic mass is 9.99. The third-order valence-electron chi connectivity index (χ3n) is 3.38. The van der Waals surface area contributed by atoms with Crippen molar-refractivity contribution in [1.29, 1.82) is 0 Å². The van der Waals surface area contributed by atoms with Crippen molar-refractivity contribution in [2.24, 2.45) is 0 Å². The SMILES string of the molecule is O=C(C1=CCCCC1)n1ccc2ccccc21. The summed E-state index contributed by atoms with van der Waals surface area (Å²) >= 11 is 0. The molecule has 2 heteroatoms. The van der Waals surface area contributed by atoms with Crippen molar-refractivity contribution in [2.75, 3.05) is 0 Å². The second-order valence-corrected chi connectivity index (χ2v) is 4.52. The Labute approximate surface area is 101 Å². The number of hydrogen-bond acceptors (Lipinski definition) is 1. The van der Waals surface area contributed by atoms with Crippen LogP contribution in [-0.4, -0.2) is 10.5 Å². The molecule has 0 bridgehead atoms. The quantitative estimate of drug-likeness (QED) is 0.723. The van der Waals surface area contributed by atoms with Crippen molar-refractivity contribution >= 4 is 16.8 Å². The highest BCUT2D eigenvalue weighted by Gasteiger charge is 2.15. The van der Waals surface area contributed by atoms with Crippen LogP contribution >= 0.6 is 0 Å². The first-order valence-corrected chi connectivity index (χ1v) is 6.16. The average Bonchev–Trinajstić information content (AvgIpc) is 2.83. The Morgan fingerprint density at radius 1 is 1.12 bits per heavy atom. The molecule has 2 aromatic rings. The molecule has 0 radical (unpaired) electrons. The summed E-state index contributed by atoms with van der Waals surface area (Å²) in [4.78, 5) is 12.4. The van der Waals surface area contributed by atoms with Crippen molar-refractivity contribution in [2.45, 2.75) is 25.7 Å². The number of fused-ring (bicyclic) bond motifs is 1. The van der Waals surface area contributed by atoms with Gasteiger partial charge in [0.05, 0.1) is 5.52 Å². The Balaban J connectivity index is 2.03. The molecule has 1 aliphatic rings. The normalized spacial score (nSPS) is 15.9. The van der Waals surface area contributed by atoms with Gasteiger partial charge in [0, 0.05) is 17.2 Å². The van der Waals surface area contributed by atoms with E-state index in [0.717, 1.165) is 35.7 Å². The van der Waals surface area contributed by atoms with Crippen LogP contribution in [0.4, 0.5) is 0 Å². The molecule has 0 N–H and O–H groups in total. The van der Waals surface area contributed by atoms with Gasteiger partial charge in [0.1, 0.15) is 0 Å². The first-order valence-electron chi connectivity index (χ1n) is 6.16. The predicted molar refractivity (Wildman–Crippen MR) is 69.1 cm³/mol. The highest BCUT2D eigenvalue weighted by molar-refractivity contribution is 6.01. The smallest absolute Gasteiger partial charge is 0.257 e. The number of nitrogens with zero attached hydrogens (tertiary/aromatic N) is 1. The topological polar surface area (TPSA) is 22.0 Å². The van der Waals surface area contributed by atoms with E-state index in [4.69, 9.17) is 0 Å². The van der Waals surface area contributed by atoms with Gasteiger partial charge in [-0.1, -0.05) is 24.3 Å². The van der Waals surface area contributed by atoms with Crippen LogP contribution in [0.3, 0.4) is 0 Å². The maximum absolute atomic E-state index is 12.4. The number of benzene rings is 1. The number of para-hydroxylation sites is 1. The van der Waals surface area contributed by atoms with Crippen LogP contribution in [0.25, 0.3) is 10.9 Å². The van der Waals surface area contributed by atoms with Crippen LogP contribution < -0.4 is 0 Å². The molecule has 1 aromatic heterocycles. The summed E-state index contributed by atoms with van der Waals surface area (Å²) in [7, 11) is 0. The van der Waals surface area contributed by atoms with E-state index in [1.807, 2.05) is 36.5 Å². The molecule has 1 aromatic carbocycles.